The van der Waals surface area contributed by atoms with Gasteiger partial charge in [-0.05, 0) is 68.1 Å². The Bertz CT molecular complexity index is 815. The van der Waals surface area contributed by atoms with Gasteiger partial charge in [0, 0.05) is 38.4 Å². The van der Waals surface area contributed by atoms with Crippen molar-refractivity contribution >= 4 is 12.4 Å². The van der Waals surface area contributed by atoms with E-state index in [1.165, 1.54) is 16.8 Å². The first-order chi connectivity index (χ1) is 15.1. The lowest BCUT2D eigenvalue weighted by Crippen LogP contribution is -2.37. The number of hydrogen-bond donors (Lipinski definition) is 2. The van der Waals surface area contributed by atoms with E-state index in [-0.39, 0.29) is 6.23 Å². The molecule has 0 bridgehead atoms. The Morgan fingerprint density at radius 1 is 1.39 bits per heavy atom. The number of nitrogens with zero attached hydrogens (tertiary/aromatic N) is 3. The number of H-pyrrole nitrogens is 1. The molecular formula is C24H35N5O2. The molecule has 2 N–H and O–H groups in total. The number of aromatic nitrogens is 2. The maximum atomic E-state index is 10.8. The second-order valence-electron chi connectivity index (χ2n) is 8.23. The normalized spacial score (nSPS) is 16.5. The van der Waals surface area contributed by atoms with Crippen LogP contribution in [-0.2, 0) is 22.7 Å². The minimum absolute atomic E-state index is 0.165. The zero-order chi connectivity index (χ0) is 22.1. The van der Waals surface area contributed by atoms with Crippen molar-refractivity contribution in [3.05, 3.63) is 59.4 Å². The van der Waals surface area contributed by atoms with Crippen molar-refractivity contribution in [2.75, 3.05) is 27.2 Å². The first-order valence-corrected chi connectivity index (χ1v) is 11.1. The number of aldehydes is 1. The second-order valence-corrected chi connectivity index (χ2v) is 8.23. The number of carbonyl (C=O) groups is 1. The average Bonchev–Trinajstić information content (AvgIpc) is 3.30. The van der Waals surface area contributed by atoms with Crippen LogP contribution in [-0.4, -0.2) is 59.7 Å². The van der Waals surface area contributed by atoms with Crippen molar-refractivity contribution in [3.8, 4) is 0 Å². The largest absolute Gasteiger partial charge is 0.303 e. The van der Waals surface area contributed by atoms with Crippen LogP contribution in [0.4, 0.5) is 0 Å². The van der Waals surface area contributed by atoms with E-state index in [1.807, 2.05) is 25.4 Å². The molecule has 168 valence electrons. The van der Waals surface area contributed by atoms with Gasteiger partial charge in [0.2, 0.25) is 0 Å². The number of hydroxylamine groups is 1. The zero-order valence-electron chi connectivity index (χ0n) is 18.7. The van der Waals surface area contributed by atoms with Crippen LogP contribution in [0.1, 0.15) is 54.0 Å². The molecule has 7 heteroatoms. The van der Waals surface area contributed by atoms with E-state index < -0.39 is 0 Å². The molecule has 2 aromatic rings. The minimum Gasteiger partial charge on any atom is -0.303 e. The lowest BCUT2D eigenvalue weighted by molar-refractivity contribution is -0.115. The Hall–Kier alpha value is -2.32. The van der Waals surface area contributed by atoms with Crippen LogP contribution in [0.5, 0.6) is 0 Å². The van der Waals surface area contributed by atoms with E-state index in [1.54, 1.807) is 7.05 Å². The fourth-order valence-corrected chi connectivity index (χ4v) is 4.34. The minimum atomic E-state index is -0.165. The molecule has 0 radical (unpaired) electrons. The SMILES string of the molecule is C=Cc1ccc(C2CCN(Cc3ccn[nH]3)CC2)cc1CN(C)C(CCC=O)ONC. The van der Waals surface area contributed by atoms with Crippen molar-refractivity contribution in [2.45, 2.75) is 50.9 Å². The Morgan fingerprint density at radius 2 is 2.19 bits per heavy atom. The Labute approximate surface area is 185 Å². The topological polar surface area (TPSA) is 73.5 Å². The van der Waals surface area contributed by atoms with Gasteiger partial charge in [0.1, 0.15) is 12.5 Å². The second kappa shape index (κ2) is 11.9. The molecule has 1 aliphatic rings. The molecule has 1 aromatic carbocycles. The quantitative estimate of drug-likeness (QED) is 0.309. The summed E-state index contributed by atoms with van der Waals surface area (Å²) in [6.07, 6.45) is 7.94. The highest BCUT2D eigenvalue weighted by molar-refractivity contribution is 5.53. The predicted molar refractivity (Wildman–Crippen MR) is 123 cm³/mol. The van der Waals surface area contributed by atoms with Crippen LogP contribution in [0.2, 0.25) is 0 Å². The van der Waals surface area contributed by atoms with E-state index in [4.69, 9.17) is 4.84 Å². The summed E-state index contributed by atoms with van der Waals surface area (Å²) in [4.78, 5) is 21.1. The summed E-state index contributed by atoms with van der Waals surface area (Å²) in [6, 6.07) is 8.81. The number of hydrogen-bond acceptors (Lipinski definition) is 6. The Balaban J connectivity index is 1.64. The van der Waals surface area contributed by atoms with Gasteiger partial charge in [-0.1, -0.05) is 30.9 Å². The molecule has 0 saturated carbocycles. The summed E-state index contributed by atoms with van der Waals surface area (Å²) in [6.45, 7) is 7.84. The van der Waals surface area contributed by atoms with E-state index in [0.717, 1.165) is 50.9 Å². The maximum absolute atomic E-state index is 10.8. The summed E-state index contributed by atoms with van der Waals surface area (Å²) >= 11 is 0. The number of rotatable bonds is 12. The van der Waals surface area contributed by atoms with Gasteiger partial charge in [0.15, 0.2) is 0 Å². The Kier molecular flexibility index (Phi) is 8.97. The van der Waals surface area contributed by atoms with E-state index in [2.05, 4.69) is 50.3 Å². The van der Waals surface area contributed by atoms with Crippen molar-refractivity contribution < 1.29 is 9.63 Å². The number of benzene rings is 1. The fourth-order valence-electron chi connectivity index (χ4n) is 4.34. The molecule has 1 fully saturated rings. The summed E-state index contributed by atoms with van der Waals surface area (Å²) in [5, 5.41) is 7.10. The highest BCUT2D eigenvalue weighted by atomic mass is 16.7. The molecule has 1 saturated heterocycles. The monoisotopic (exact) mass is 425 g/mol. The third-order valence-corrected chi connectivity index (χ3v) is 6.10. The number of carbonyl (C=O) groups excluding carboxylic acids is 1. The van der Waals surface area contributed by atoms with Crippen molar-refractivity contribution in [1.82, 2.24) is 25.5 Å². The van der Waals surface area contributed by atoms with Gasteiger partial charge in [0.05, 0.1) is 0 Å². The smallest absolute Gasteiger partial charge is 0.132 e. The summed E-state index contributed by atoms with van der Waals surface area (Å²) < 4.78 is 0. The molecule has 1 unspecified atom stereocenters. The first kappa shape index (κ1) is 23.3. The highest BCUT2D eigenvalue weighted by Crippen LogP contribution is 2.30. The summed E-state index contributed by atoms with van der Waals surface area (Å²) in [5.41, 5.74) is 7.72. The molecule has 3 rings (SSSR count). The fraction of sp³-hybridized carbons (Fsp3) is 0.500. The predicted octanol–water partition coefficient (Wildman–Crippen LogP) is 3.32. The number of likely N-dealkylation sites (tertiary alicyclic amines) is 1. The highest BCUT2D eigenvalue weighted by Gasteiger charge is 2.22. The lowest BCUT2D eigenvalue weighted by atomic mass is 9.87. The number of aromatic amines is 1. The average molecular weight is 426 g/mol. The molecule has 0 aliphatic carbocycles. The number of nitrogens with one attached hydrogen (secondary N) is 2. The van der Waals surface area contributed by atoms with Crippen LogP contribution >= 0.6 is 0 Å². The van der Waals surface area contributed by atoms with Crippen LogP contribution in [0.25, 0.3) is 6.08 Å². The Morgan fingerprint density at radius 3 is 2.84 bits per heavy atom. The van der Waals surface area contributed by atoms with Crippen molar-refractivity contribution in [3.63, 3.8) is 0 Å². The van der Waals surface area contributed by atoms with Gasteiger partial charge in [-0.15, -0.1) is 0 Å². The molecular weight excluding hydrogens is 390 g/mol. The van der Waals surface area contributed by atoms with Crippen molar-refractivity contribution in [2.24, 2.45) is 0 Å². The van der Waals surface area contributed by atoms with Crippen LogP contribution in [0, 0.1) is 0 Å². The third kappa shape index (κ3) is 6.58. The van der Waals surface area contributed by atoms with E-state index >= 15 is 0 Å². The lowest BCUT2D eigenvalue weighted by Gasteiger charge is -2.32. The molecule has 1 aromatic heterocycles. The molecule has 1 atom stereocenters. The van der Waals surface area contributed by atoms with Crippen LogP contribution in [0.3, 0.4) is 0 Å². The van der Waals surface area contributed by atoms with Gasteiger partial charge in [0.25, 0.3) is 0 Å². The standard InChI is InChI=1S/C24H35N5O2/c1-4-19-7-8-21(16-22(19)17-28(3)24(31-25-2)6-5-15-30)20-10-13-29(14-11-20)18-23-9-12-26-27-23/h4,7-9,12,15-16,20,24-25H,1,5-6,10-11,13-14,17-18H2,2-3H3,(H,26,27). The molecule has 31 heavy (non-hydrogen) atoms. The molecule has 2 heterocycles. The first-order valence-electron chi connectivity index (χ1n) is 11.1. The van der Waals surface area contributed by atoms with Gasteiger partial charge in [-0.2, -0.15) is 5.10 Å². The van der Waals surface area contributed by atoms with Crippen molar-refractivity contribution in [1.29, 1.82) is 0 Å². The molecule has 0 amide bonds. The van der Waals surface area contributed by atoms with E-state index in [0.29, 0.717) is 18.8 Å². The van der Waals surface area contributed by atoms with Gasteiger partial charge in [-0.25, -0.2) is 5.48 Å². The maximum Gasteiger partial charge on any atom is 0.132 e. The number of piperidine rings is 1. The third-order valence-electron chi connectivity index (χ3n) is 6.10. The summed E-state index contributed by atoms with van der Waals surface area (Å²) in [5.74, 6) is 0.570. The van der Waals surface area contributed by atoms with Crippen LogP contribution in [0.15, 0.2) is 37.0 Å². The van der Waals surface area contributed by atoms with Crippen LogP contribution < -0.4 is 5.48 Å². The van der Waals surface area contributed by atoms with Gasteiger partial charge < -0.3 is 4.79 Å². The van der Waals surface area contributed by atoms with Gasteiger partial charge in [-0.3, -0.25) is 19.7 Å². The molecule has 7 nitrogen and oxygen atoms in total. The van der Waals surface area contributed by atoms with E-state index in [9.17, 15) is 4.79 Å². The van der Waals surface area contributed by atoms with Gasteiger partial charge >= 0.3 is 0 Å². The summed E-state index contributed by atoms with van der Waals surface area (Å²) in [7, 11) is 3.77. The molecule has 1 aliphatic heterocycles. The zero-order valence-corrected chi connectivity index (χ0v) is 18.7. The molecule has 0 spiro atoms.